The predicted octanol–water partition coefficient (Wildman–Crippen LogP) is 1.75. The molecule has 28 heavy (non-hydrogen) atoms. The van der Waals surface area contributed by atoms with E-state index < -0.39 is 43.5 Å². The van der Waals surface area contributed by atoms with Crippen LogP contribution in [-0.4, -0.2) is 45.6 Å². The Bertz CT molecular complexity index is 1050. The first-order valence-corrected chi connectivity index (χ1v) is 12.2. The van der Waals surface area contributed by atoms with Gasteiger partial charge in [-0.2, -0.15) is 0 Å². The summed E-state index contributed by atoms with van der Waals surface area (Å²) in [6.07, 6.45) is -1.31. The highest BCUT2D eigenvalue weighted by atomic mass is 32.2. The Morgan fingerprint density at radius 1 is 1.04 bits per heavy atom. The maximum atomic E-state index is 13.4. The molecule has 0 aliphatic carbocycles. The van der Waals surface area contributed by atoms with Crippen LogP contribution in [0.15, 0.2) is 53.4 Å². The van der Waals surface area contributed by atoms with Crippen LogP contribution in [0.1, 0.15) is 25.3 Å². The Kier molecular flexibility index (Phi) is 5.44. The molecular formula is C19H24N2O5S2. The minimum Gasteiger partial charge on any atom is -0.399 e. The first kappa shape index (κ1) is 20.6. The van der Waals surface area contributed by atoms with Crippen LogP contribution in [0.25, 0.3) is 0 Å². The molecule has 2 atom stereocenters. The number of nitrogen functional groups attached to an aromatic ring is 1. The second kappa shape index (κ2) is 7.38. The summed E-state index contributed by atoms with van der Waals surface area (Å²) in [5, 5.41) is 10.3. The average molecular weight is 425 g/mol. The van der Waals surface area contributed by atoms with Gasteiger partial charge in [-0.25, -0.2) is 16.8 Å². The zero-order chi connectivity index (χ0) is 20.7. The van der Waals surface area contributed by atoms with E-state index in [2.05, 4.69) is 0 Å². The van der Waals surface area contributed by atoms with Gasteiger partial charge in [-0.1, -0.05) is 26.0 Å². The van der Waals surface area contributed by atoms with Crippen LogP contribution in [-0.2, 0) is 19.9 Å². The van der Waals surface area contributed by atoms with Crippen molar-refractivity contribution in [3.63, 3.8) is 0 Å². The fraction of sp³-hybridized carbons (Fsp3) is 0.368. The zero-order valence-corrected chi connectivity index (χ0v) is 17.3. The van der Waals surface area contributed by atoms with Gasteiger partial charge < -0.3 is 10.8 Å². The quantitative estimate of drug-likeness (QED) is 0.706. The van der Waals surface area contributed by atoms with Crippen LogP contribution >= 0.6 is 0 Å². The molecule has 1 aliphatic heterocycles. The Morgan fingerprint density at radius 3 is 2.07 bits per heavy atom. The smallest absolute Gasteiger partial charge is 0.264 e. The third-order valence-corrected chi connectivity index (χ3v) is 8.41. The van der Waals surface area contributed by atoms with Gasteiger partial charge in [0.2, 0.25) is 0 Å². The molecule has 1 fully saturated rings. The molecular weight excluding hydrogens is 400 g/mol. The van der Waals surface area contributed by atoms with Crippen LogP contribution in [0.2, 0.25) is 0 Å². The van der Waals surface area contributed by atoms with Gasteiger partial charge >= 0.3 is 0 Å². The number of hydrogen-bond acceptors (Lipinski definition) is 6. The molecule has 1 aliphatic rings. The number of nitrogens with zero attached hydrogens (tertiary/aromatic N) is 1. The van der Waals surface area contributed by atoms with Crippen molar-refractivity contribution in [2.75, 3.05) is 21.5 Å². The molecule has 9 heteroatoms. The van der Waals surface area contributed by atoms with Gasteiger partial charge in [0.25, 0.3) is 10.0 Å². The van der Waals surface area contributed by atoms with Gasteiger partial charge in [0, 0.05) is 5.69 Å². The minimum atomic E-state index is -4.11. The molecule has 2 aromatic carbocycles. The van der Waals surface area contributed by atoms with Gasteiger partial charge in [0.1, 0.15) is 0 Å². The molecule has 0 amide bonds. The summed E-state index contributed by atoms with van der Waals surface area (Å²) in [5.41, 5.74) is 7.39. The lowest BCUT2D eigenvalue weighted by Gasteiger charge is -2.31. The number of sulfone groups is 1. The molecule has 3 rings (SSSR count). The normalized spacial score (nSPS) is 21.7. The summed E-state index contributed by atoms with van der Waals surface area (Å²) in [7, 11) is -7.65. The van der Waals surface area contributed by atoms with Crippen molar-refractivity contribution in [1.82, 2.24) is 0 Å². The average Bonchev–Trinajstić information content (AvgIpc) is 2.89. The molecule has 1 heterocycles. The molecule has 2 aromatic rings. The molecule has 0 spiro atoms. The highest BCUT2D eigenvalue weighted by molar-refractivity contribution is 7.93. The summed E-state index contributed by atoms with van der Waals surface area (Å²) in [6.45, 7) is 4.01. The molecule has 152 valence electrons. The van der Waals surface area contributed by atoms with E-state index in [9.17, 15) is 21.9 Å². The maximum absolute atomic E-state index is 13.4. The van der Waals surface area contributed by atoms with E-state index in [1.165, 1.54) is 36.4 Å². The van der Waals surface area contributed by atoms with Crippen molar-refractivity contribution in [3.8, 4) is 0 Å². The SMILES string of the molecule is CC(C)c1ccc(S(=O)(=O)N(c2ccc(N)cc2)[C@H]2CS(=O)(=O)C[C@@H]2O)cc1. The number of rotatable bonds is 5. The van der Waals surface area contributed by atoms with Crippen molar-refractivity contribution >= 4 is 31.2 Å². The van der Waals surface area contributed by atoms with Crippen molar-refractivity contribution in [1.29, 1.82) is 0 Å². The van der Waals surface area contributed by atoms with Crippen LogP contribution in [0.4, 0.5) is 11.4 Å². The van der Waals surface area contributed by atoms with Crippen LogP contribution in [0.3, 0.4) is 0 Å². The first-order valence-electron chi connectivity index (χ1n) is 8.90. The number of aliphatic hydroxyl groups excluding tert-OH is 1. The zero-order valence-electron chi connectivity index (χ0n) is 15.7. The van der Waals surface area contributed by atoms with Crippen LogP contribution in [0, 0.1) is 0 Å². The van der Waals surface area contributed by atoms with E-state index in [4.69, 9.17) is 5.73 Å². The molecule has 3 N–H and O–H groups in total. The van der Waals surface area contributed by atoms with E-state index in [1.807, 2.05) is 13.8 Å². The number of hydrogen-bond donors (Lipinski definition) is 2. The lowest BCUT2D eigenvalue weighted by molar-refractivity contribution is 0.184. The molecule has 1 saturated heterocycles. The van der Waals surface area contributed by atoms with Gasteiger partial charge in [0.05, 0.1) is 34.2 Å². The lowest BCUT2D eigenvalue weighted by atomic mass is 10.0. The van der Waals surface area contributed by atoms with E-state index >= 15 is 0 Å². The van der Waals surface area contributed by atoms with Crippen molar-refractivity contribution in [3.05, 3.63) is 54.1 Å². The largest absolute Gasteiger partial charge is 0.399 e. The second-order valence-electron chi connectivity index (χ2n) is 7.33. The number of sulfonamides is 1. The fourth-order valence-electron chi connectivity index (χ4n) is 3.30. The van der Waals surface area contributed by atoms with Crippen molar-refractivity contribution < 1.29 is 21.9 Å². The highest BCUT2D eigenvalue weighted by Gasteiger charge is 2.45. The molecule has 7 nitrogen and oxygen atoms in total. The molecule has 0 aromatic heterocycles. The van der Waals surface area contributed by atoms with E-state index in [0.29, 0.717) is 5.69 Å². The monoisotopic (exact) mass is 424 g/mol. The lowest BCUT2D eigenvalue weighted by Crippen LogP contribution is -2.47. The third kappa shape index (κ3) is 4.01. The number of nitrogens with two attached hydrogens (primary N) is 1. The number of aliphatic hydroxyl groups is 1. The van der Waals surface area contributed by atoms with E-state index in [-0.39, 0.29) is 16.5 Å². The topological polar surface area (TPSA) is 118 Å². The fourth-order valence-corrected chi connectivity index (χ4v) is 6.84. The van der Waals surface area contributed by atoms with Gasteiger partial charge in [-0.3, -0.25) is 4.31 Å². The summed E-state index contributed by atoms with van der Waals surface area (Å²) >= 11 is 0. The summed E-state index contributed by atoms with van der Waals surface area (Å²) in [4.78, 5) is 0.0326. The number of anilines is 2. The summed E-state index contributed by atoms with van der Waals surface area (Å²) < 4.78 is 51.9. The Morgan fingerprint density at radius 2 is 1.61 bits per heavy atom. The minimum absolute atomic E-state index is 0.0326. The van der Waals surface area contributed by atoms with E-state index in [1.54, 1.807) is 12.1 Å². The highest BCUT2D eigenvalue weighted by Crippen LogP contribution is 2.32. The van der Waals surface area contributed by atoms with Crippen molar-refractivity contribution in [2.24, 2.45) is 0 Å². The third-order valence-electron chi connectivity index (χ3n) is 4.85. The Hall–Kier alpha value is -2.10. The van der Waals surface area contributed by atoms with Gasteiger partial charge in [-0.15, -0.1) is 0 Å². The molecule has 0 saturated carbocycles. The Balaban J connectivity index is 2.11. The predicted molar refractivity (Wildman–Crippen MR) is 109 cm³/mol. The standard InChI is InChI=1S/C19H24N2O5S2/c1-13(2)14-3-9-17(10-4-14)28(25,26)21(16-7-5-15(20)6-8-16)18-11-27(23,24)12-19(18)22/h3-10,13,18-19,22H,11-12,20H2,1-2H3/t18-,19-/m0/s1. The van der Waals surface area contributed by atoms with Crippen LogP contribution < -0.4 is 10.0 Å². The molecule has 0 unspecified atom stereocenters. The Labute approximate surface area is 165 Å². The molecule has 0 radical (unpaired) electrons. The van der Waals surface area contributed by atoms with Gasteiger partial charge in [-0.05, 0) is 47.9 Å². The number of benzene rings is 2. The molecule has 0 bridgehead atoms. The first-order chi connectivity index (χ1) is 13.0. The van der Waals surface area contributed by atoms with Crippen molar-refractivity contribution in [2.45, 2.75) is 36.8 Å². The summed E-state index contributed by atoms with van der Waals surface area (Å²) in [5.74, 6) is -0.668. The van der Waals surface area contributed by atoms with Gasteiger partial charge in [0.15, 0.2) is 9.84 Å². The van der Waals surface area contributed by atoms with Crippen LogP contribution in [0.5, 0.6) is 0 Å². The summed E-state index contributed by atoms with van der Waals surface area (Å²) in [6, 6.07) is 11.5. The van der Waals surface area contributed by atoms with E-state index in [0.717, 1.165) is 9.87 Å². The second-order valence-corrected chi connectivity index (χ2v) is 11.3. The maximum Gasteiger partial charge on any atom is 0.264 e.